The van der Waals surface area contributed by atoms with E-state index >= 15 is 0 Å². The van der Waals surface area contributed by atoms with E-state index in [9.17, 15) is 4.79 Å². The maximum absolute atomic E-state index is 13.2. The summed E-state index contributed by atoms with van der Waals surface area (Å²) in [4.78, 5) is 22.1. The van der Waals surface area contributed by atoms with Crippen LogP contribution in [0.3, 0.4) is 0 Å². The molecule has 0 spiro atoms. The summed E-state index contributed by atoms with van der Waals surface area (Å²) in [7, 11) is 3.80. The first kappa shape index (κ1) is 17.7. The van der Waals surface area contributed by atoms with Gasteiger partial charge in [0.25, 0.3) is 5.91 Å². The van der Waals surface area contributed by atoms with Gasteiger partial charge in [-0.05, 0) is 19.9 Å². The number of piperazine rings is 1. The van der Waals surface area contributed by atoms with Crippen molar-refractivity contribution in [3.8, 4) is 0 Å². The molecule has 3 aromatic heterocycles. The number of carbonyl (C=O) groups is 1. The molecule has 0 unspecified atom stereocenters. The molecule has 1 fully saturated rings. The maximum Gasteiger partial charge on any atom is 0.254 e. The van der Waals surface area contributed by atoms with E-state index in [0.29, 0.717) is 5.56 Å². The van der Waals surface area contributed by atoms with Crippen LogP contribution in [-0.4, -0.2) is 66.4 Å². The molecule has 0 bridgehead atoms. The molecule has 0 atom stereocenters. The molecule has 27 heavy (non-hydrogen) atoms. The Bertz CT molecular complexity index is 995. The molecule has 4 rings (SSSR count). The molecule has 8 nitrogen and oxygen atoms in total. The smallest absolute Gasteiger partial charge is 0.254 e. The molecule has 0 radical (unpaired) electrons. The van der Waals surface area contributed by atoms with Crippen LogP contribution in [0.2, 0.25) is 0 Å². The lowest BCUT2D eigenvalue weighted by molar-refractivity contribution is 0.0630. The van der Waals surface area contributed by atoms with E-state index in [1.54, 1.807) is 4.68 Å². The van der Waals surface area contributed by atoms with Gasteiger partial charge in [-0.2, -0.15) is 10.2 Å². The number of carbonyl (C=O) groups excluding carboxylic acids is 1. The summed E-state index contributed by atoms with van der Waals surface area (Å²) in [6.45, 7) is 7.89. The number of aryl methyl sites for hydroxylation is 4. The maximum atomic E-state index is 13.2. The van der Waals surface area contributed by atoms with Crippen molar-refractivity contribution in [2.24, 2.45) is 14.1 Å². The number of nitrogens with zero attached hydrogens (tertiary/aromatic N) is 7. The highest BCUT2D eigenvalue weighted by molar-refractivity contribution is 6.06. The minimum absolute atomic E-state index is 0.0719. The van der Waals surface area contributed by atoms with Gasteiger partial charge in [0, 0.05) is 64.3 Å². The second-order valence-corrected chi connectivity index (χ2v) is 7.31. The van der Waals surface area contributed by atoms with Crippen LogP contribution in [-0.2, 0) is 20.6 Å². The average Bonchev–Trinajstić information content (AvgIpc) is 3.17. The summed E-state index contributed by atoms with van der Waals surface area (Å²) < 4.78 is 3.57. The molecule has 8 heteroatoms. The first-order valence-electron chi connectivity index (χ1n) is 9.22. The fraction of sp³-hybridized carbons (Fsp3) is 0.474. The molecule has 0 aromatic carbocycles. The van der Waals surface area contributed by atoms with Gasteiger partial charge >= 0.3 is 0 Å². The highest BCUT2D eigenvalue weighted by Gasteiger charge is 2.25. The number of amides is 1. The average molecular weight is 367 g/mol. The second kappa shape index (κ2) is 6.77. The predicted octanol–water partition coefficient (Wildman–Crippen LogP) is 1.28. The Balaban J connectivity index is 1.51. The van der Waals surface area contributed by atoms with E-state index in [0.717, 1.165) is 55.1 Å². The normalized spacial score (nSPS) is 15.6. The van der Waals surface area contributed by atoms with E-state index in [4.69, 9.17) is 0 Å². The number of aromatic nitrogens is 5. The highest BCUT2D eigenvalue weighted by atomic mass is 16.2. The molecule has 0 saturated carbocycles. The standard InChI is InChI=1S/C19H25N7O/c1-13-9-16(17-14(2)22-24(4)18(17)21-13)19(27)26-7-5-25(6-8-26)12-15-10-20-23(3)11-15/h9-11H,5-8,12H2,1-4H3. The summed E-state index contributed by atoms with van der Waals surface area (Å²) in [6.07, 6.45) is 3.94. The van der Waals surface area contributed by atoms with Gasteiger partial charge in [0.1, 0.15) is 0 Å². The molecule has 1 aliphatic rings. The van der Waals surface area contributed by atoms with Crippen molar-refractivity contribution < 1.29 is 4.79 Å². The predicted molar refractivity (Wildman–Crippen MR) is 102 cm³/mol. The molecule has 0 N–H and O–H groups in total. The first-order chi connectivity index (χ1) is 12.9. The Kier molecular flexibility index (Phi) is 4.43. The van der Waals surface area contributed by atoms with E-state index in [2.05, 4.69) is 20.1 Å². The third-order valence-corrected chi connectivity index (χ3v) is 5.15. The number of rotatable bonds is 3. The van der Waals surface area contributed by atoms with Crippen LogP contribution in [0.1, 0.15) is 27.3 Å². The highest BCUT2D eigenvalue weighted by Crippen LogP contribution is 2.23. The van der Waals surface area contributed by atoms with Crippen molar-refractivity contribution >= 4 is 16.9 Å². The van der Waals surface area contributed by atoms with Crippen molar-refractivity contribution in [3.05, 3.63) is 41.0 Å². The SMILES string of the molecule is Cc1cc(C(=O)N2CCN(Cc3cnn(C)c3)CC2)c2c(C)nn(C)c2n1. The van der Waals surface area contributed by atoms with Gasteiger partial charge in [-0.1, -0.05) is 0 Å². The summed E-state index contributed by atoms with van der Waals surface area (Å²) >= 11 is 0. The zero-order valence-corrected chi connectivity index (χ0v) is 16.3. The molecule has 0 aliphatic carbocycles. The van der Waals surface area contributed by atoms with Gasteiger partial charge in [0.15, 0.2) is 5.65 Å². The largest absolute Gasteiger partial charge is 0.336 e. The number of fused-ring (bicyclic) bond motifs is 1. The van der Waals surface area contributed by atoms with Gasteiger partial charge < -0.3 is 4.90 Å². The van der Waals surface area contributed by atoms with Crippen LogP contribution in [0.5, 0.6) is 0 Å². The third kappa shape index (κ3) is 3.32. The number of pyridine rings is 1. The topological polar surface area (TPSA) is 72.1 Å². The molecule has 142 valence electrons. The van der Waals surface area contributed by atoms with Crippen molar-refractivity contribution in [1.29, 1.82) is 0 Å². The summed E-state index contributed by atoms with van der Waals surface area (Å²) in [5.74, 6) is 0.0719. The number of hydrogen-bond donors (Lipinski definition) is 0. The van der Waals surface area contributed by atoms with E-state index < -0.39 is 0 Å². The quantitative estimate of drug-likeness (QED) is 0.697. The zero-order chi connectivity index (χ0) is 19.1. The Morgan fingerprint density at radius 3 is 2.56 bits per heavy atom. The van der Waals surface area contributed by atoms with E-state index in [1.807, 2.05) is 56.0 Å². The molecule has 1 amide bonds. The van der Waals surface area contributed by atoms with Gasteiger partial charge in [-0.3, -0.25) is 19.1 Å². The van der Waals surface area contributed by atoms with Gasteiger partial charge in [0.2, 0.25) is 0 Å². The van der Waals surface area contributed by atoms with Crippen molar-refractivity contribution in [1.82, 2.24) is 34.3 Å². The fourth-order valence-electron chi connectivity index (χ4n) is 3.83. The van der Waals surface area contributed by atoms with Crippen LogP contribution in [0.15, 0.2) is 18.5 Å². The van der Waals surface area contributed by atoms with Crippen LogP contribution in [0.4, 0.5) is 0 Å². The lowest BCUT2D eigenvalue weighted by Crippen LogP contribution is -2.48. The Labute approximate surface area is 158 Å². The molecule has 1 saturated heterocycles. The lowest BCUT2D eigenvalue weighted by Gasteiger charge is -2.34. The molecular formula is C19H25N7O. The van der Waals surface area contributed by atoms with Crippen molar-refractivity contribution in [2.45, 2.75) is 20.4 Å². The van der Waals surface area contributed by atoms with Crippen LogP contribution >= 0.6 is 0 Å². The van der Waals surface area contributed by atoms with Gasteiger partial charge in [-0.15, -0.1) is 0 Å². The van der Waals surface area contributed by atoms with Crippen LogP contribution in [0.25, 0.3) is 11.0 Å². The van der Waals surface area contributed by atoms with Gasteiger partial charge in [0.05, 0.1) is 22.8 Å². The summed E-state index contributed by atoms with van der Waals surface area (Å²) in [5.41, 5.74) is 4.37. The monoisotopic (exact) mass is 367 g/mol. The molecular weight excluding hydrogens is 342 g/mol. The minimum atomic E-state index is 0.0719. The lowest BCUT2D eigenvalue weighted by atomic mass is 10.1. The Morgan fingerprint density at radius 1 is 1.15 bits per heavy atom. The second-order valence-electron chi connectivity index (χ2n) is 7.31. The Hall–Kier alpha value is -2.74. The number of hydrogen-bond acceptors (Lipinski definition) is 5. The molecule has 1 aliphatic heterocycles. The zero-order valence-electron chi connectivity index (χ0n) is 16.3. The molecule has 4 heterocycles. The first-order valence-corrected chi connectivity index (χ1v) is 9.22. The van der Waals surface area contributed by atoms with Crippen LogP contribution < -0.4 is 0 Å². The summed E-state index contributed by atoms with van der Waals surface area (Å²) in [6, 6.07) is 1.89. The third-order valence-electron chi connectivity index (χ3n) is 5.15. The fourth-order valence-corrected chi connectivity index (χ4v) is 3.83. The van der Waals surface area contributed by atoms with E-state index in [-0.39, 0.29) is 5.91 Å². The van der Waals surface area contributed by atoms with E-state index in [1.165, 1.54) is 5.56 Å². The summed E-state index contributed by atoms with van der Waals surface area (Å²) in [5, 5.41) is 9.54. The minimum Gasteiger partial charge on any atom is -0.336 e. The van der Waals surface area contributed by atoms with Crippen LogP contribution in [0, 0.1) is 13.8 Å². The Morgan fingerprint density at radius 2 is 1.89 bits per heavy atom. The van der Waals surface area contributed by atoms with Gasteiger partial charge in [-0.25, -0.2) is 4.98 Å². The van der Waals surface area contributed by atoms with Crippen molar-refractivity contribution in [3.63, 3.8) is 0 Å². The van der Waals surface area contributed by atoms with Crippen molar-refractivity contribution in [2.75, 3.05) is 26.2 Å². The molecule has 3 aromatic rings.